The molecule has 6 aliphatic rings. The minimum Gasteiger partial charge on any atom is -0.480 e. The molecular weight excluding hydrogens is 1190 g/mol. The summed E-state index contributed by atoms with van der Waals surface area (Å²) in [5.74, 6) is -1.86. The fourth-order valence-electron chi connectivity index (χ4n) is 13.2. The zero-order valence-electron chi connectivity index (χ0n) is 46.3. The molecule has 7 amide bonds. The number of halogens is 2. The molecule has 85 heavy (non-hydrogen) atoms. The summed E-state index contributed by atoms with van der Waals surface area (Å²) in [6.45, 7) is 1.05. The summed E-state index contributed by atoms with van der Waals surface area (Å²) in [6, 6.07) is 24.3. The largest absolute Gasteiger partial charge is 0.747 e. The van der Waals surface area contributed by atoms with Crippen molar-refractivity contribution >= 4 is 134 Å². The molecule has 20 nitrogen and oxygen atoms in total. The Bertz CT molecular complexity index is 3640. The van der Waals surface area contributed by atoms with E-state index in [9.17, 15) is 48.1 Å². The molecule has 444 valence electrons. The van der Waals surface area contributed by atoms with Crippen LogP contribution in [0.4, 0.5) is 21.0 Å². The minimum absolute atomic E-state index is 0.0368. The van der Waals surface area contributed by atoms with Crippen LogP contribution in [-0.4, -0.2) is 143 Å². The van der Waals surface area contributed by atoms with E-state index >= 15 is 4.79 Å². The van der Waals surface area contributed by atoms with E-state index in [1.54, 1.807) is 54.2 Å². The predicted octanol–water partition coefficient (Wildman–Crippen LogP) is 9.72. The molecule has 3 heterocycles. The van der Waals surface area contributed by atoms with Gasteiger partial charge in [0.1, 0.15) is 18.4 Å². The van der Waals surface area contributed by atoms with E-state index in [0.717, 1.165) is 31.7 Å². The number of fused-ring (bicyclic) bond motifs is 6. The lowest BCUT2D eigenvalue weighted by Crippen LogP contribution is -2.49. The van der Waals surface area contributed by atoms with Gasteiger partial charge in [-0.2, -0.15) is 0 Å². The van der Waals surface area contributed by atoms with Crippen molar-refractivity contribution < 1.29 is 66.9 Å². The number of carbonyl (C=O) groups excluding carboxylic acids is 7. The lowest BCUT2D eigenvalue weighted by molar-refractivity contribution is -0.141. The molecule has 11 rings (SSSR count). The number of imide groups is 1. The molecule has 5 aromatic carbocycles. The number of carboxylic acid groups (broad SMARTS) is 1. The number of nitrogens with one attached hydrogen (secondary N) is 1. The summed E-state index contributed by atoms with van der Waals surface area (Å²) < 4.78 is 29.0. The van der Waals surface area contributed by atoms with Gasteiger partial charge in [-0.25, -0.2) is 18.9 Å². The topological polar surface area (TPSA) is 250 Å². The number of carboxylic acids is 1. The van der Waals surface area contributed by atoms with Crippen LogP contribution in [0.25, 0.3) is 21.5 Å². The van der Waals surface area contributed by atoms with Crippen molar-refractivity contribution in [2.75, 3.05) is 74.1 Å². The van der Waals surface area contributed by atoms with Crippen molar-refractivity contribution in [3.05, 3.63) is 114 Å². The Balaban J connectivity index is 0.661. The van der Waals surface area contributed by atoms with Gasteiger partial charge >= 0.3 is 26.4 Å². The summed E-state index contributed by atoms with van der Waals surface area (Å²) in [5, 5.41) is 15.2. The van der Waals surface area contributed by atoms with Gasteiger partial charge in [-0.1, -0.05) is 88.7 Å². The first kappa shape index (κ1) is 59.8. The Morgan fingerprint density at radius 1 is 0.741 bits per heavy atom. The number of nitrogens with zero attached hydrogens (tertiary/aromatic N) is 5. The third kappa shape index (κ3) is 11.1. The van der Waals surface area contributed by atoms with Crippen LogP contribution in [0.15, 0.2) is 102 Å². The number of aliphatic carboxylic acids is 1. The summed E-state index contributed by atoms with van der Waals surface area (Å²) in [4.78, 5) is 123. The first-order valence-corrected chi connectivity index (χ1v) is 32.3. The third-order valence-corrected chi connectivity index (χ3v) is 21.1. The Labute approximate surface area is 507 Å². The van der Waals surface area contributed by atoms with Gasteiger partial charge in [0.25, 0.3) is 11.8 Å². The van der Waals surface area contributed by atoms with Gasteiger partial charge in [0.2, 0.25) is 17.7 Å². The number of likely N-dealkylation sites (N-methyl/N-ethyl adjacent to an activating group) is 2. The maximum atomic E-state index is 15.1. The van der Waals surface area contributed by atoms with Gasteiger partial charge in [0, 0.05) is 133 Å². The van der Waals surface area contributed by atoms with E-state index in [0.29, 0.717) is 79.3 Å². The predicted molar refractivity (Wildman–Crippen MR) is 321 cm³/mol. The zero-order valence-corrected chi connectivity index (χ0v) is 50.4. The van der Waals surface area contributed by atoms with Crippen LogP contribution in [0.1, 0.15) is 73.5 Å². The number of carbonyl (C=O) groups is 8. The molecule has 3 N–H and O–H groups in total. The lowest BCUT2D eigenvalue weighted by atomic mass is 9.72. The Kier molecular flexibility index (Phi) is 16.9. The Hall–Kier alpha value is -6.94. The monoisotopic (exact) mass is 1250 g/mol. The maximum Gasteiger partial charge on any atom is 0.747 e. The number of benzene rings is 5. The average Bonchev–Trinajstić information content (AvgIpc) is 1.40. The molecular formula is C60H60Cl2N6O14PS2+. The van der Waals surface area contributed by atoms with Crippen molar-refractivity contribution in [3.63, 3.8) is 0 Å². The van der Waals surface area contributed by atoms with Crippen LogP contribution >= 0.6 is 53.0 Å². The van der Waals surface area contributed by atoms with Gasteiger partial charge < -0.3 is 39.5 Å². The van der Waals surface area contributed by atoms with Gasteiger partial charge in [0.15, 0.2) is 5.75 Å². The van der Waals surface area contributed by atoms with Crippen molar-refractivity contribution in [1.29, 1.82) is 0 Å². The molecule has 0 radical (unpaired) electrons. The molecule has 0 saturated heterocycles. The van der Waals surface area contributed by atoms with Gasteiger partial charge in [-0.05, 0) is 71.7 Å². The van der Waals surface area contributed by atoms with Crippen molar-refractivity contribution in [3.8, 4) is 11.5 Å². The Morgan fingerprint density at radius 3 is 1.82 bits per heavy atom. The van der Waals surface area contributed by atoms with Gasteiger partial charge in [-0.3, -0.25) is 28.9 Å². The molecule has 3 aliphatic heterocycles. The highest BCUT2D eigenvalue weighted by molar-refractivity contribution is 8.76. The van der Waals surface area contributed by atoms with E-state index in [1.165, 1.54) is 43.5 Å². The second-order valence-electron chi connectivity index (χ2n) is 22.6. The molecule has 1 spiro atoms. The maximum absolute atomic E-state index is 15.1. The van der Waals surface area contributed by atoms with E-state index < -0.39 is 54.6 Å². The van der Waals surface area contributed by atoms with Crippen LogP contribution in [0, 0.1) is 16.2 Å². The molecule has 5 aromatic rings. The normalized spacial score (nSPS) is 22.5. The zero-order chi connectivity index (χ0) is 60.1. The third-order valence-electron chi connectivity index (χ3n) is 17.6. The van der Waals surface area contributed by atoms with Crippen LogP contribution in [0.3, 0.4) is 0 Å². The van der Waals surface area contributed by atoms with E-state index in [-0.39, 0.29) is 97.1 Å². The second kappa shape index (κ2) is 24.1. The van der Waals surface area contributed by atoms with Crippen LogP contribution < -0.4 is 24.4 Å². The number of alkyl halides is 2. The average molecular weight is 1260 g/mol. The molecule has 25 heteroatoms. The Morgan fingerprint density at radius 2 is 1.28 bits per heavy atom. The highest BCUT2D eigenvalue weighted by Crippen LogP contribution is 3.01. The summed E-state index contributed by atoms with van der Waals surface area (Å²) in [5.41, 5.74) is 1.64. The molecule has 3 aliphatic carbocycles. The summed E-state index contributed by atoms with van der Waals surface area (Å²) >= 11 is 13.2. The van der Waals surface area contributed by atoms with Gasteiger partial charge in [-0.15, -0.1) is 28.1 Å². The molecule has 0 aromatic heterocycles. The first-order chi connectivity index (χ1) is 40.8. The van der Waals surface area contributed by atoms with Crippen LogP contribution in [0.5, 0.6) is 11.5 Å². The summed E-state index contributed by atoms with van der Waals surface area (Å²) in [6.07, 6.45) is 4.31. The smallest absolute Gasteiger partial charge is 0.480 e. The van der Waals surface area contributed by atoms with Gasteiger partial charge in [0.05, 0.1) is 22.2 Å². The number of unbranched alkanes of at least 4 members (excludes halogenated alkanes) is 2. The molecule has 7 unspecified atom stereocenters. The molecule has 3 fully saturated rings. The van der Waals surface area contributed by atoms with Crippen LogP contribution in [-0.2, 0) is 44.7 Å². The van der Waals surface area contributed by atoms with Crippen molar-refractivity contribution in [2.24, 2.45) is 16.2 Å². The summed E-state index contributed by atoms with van der Waals surface area (Å²) in [7, 11) is 2.71. The molecule has 0 bridgehead atoms. The number of ether oxygens (including phenoxy) is 2. The minimum atomic E-state index is -2.99. The number of anilines is 2. The number of amides is 7. The number of rotatable bonds is 24. The van der Waals surface area contributed by atoms with Crippen molar-refractivity contribution in [1.82, 2.24) is 20.0 Å². The lowest BCUT2D eigenvalue weighted by Gasteiger charge is -2.37. The van der Waals surface area contributed by atoms with Crippen LogP contribution in [0.2, 0.25) is 0 Å². The quantitative estimate of drug-likeness (QED) is 0.0171. The fraction of sp³-hybridized carbons (Fsp3) is 0.400. The second-order valence-corrected chi connectivity index (χ2v) is 26.2. The molecule has 3 saturated carbocycles. The van der Waals surface area contributed by atoms with E-state index in [2.05, 4.69) is 5.32 Å². The highest BCUT2D eigenvalue weighted by atomic mass is 35.5. The van der Waals surface area contributed by atoms with E-state index in [1.807, 2.05) is 54.6 Å². The fourth-order valence-corrected chi connectivity index (χ4v) is 16.1. The molecule has 7 atom stereocenters. The first-order valence-electron chi connectivity index (χ1n) is 27.8. The number of hydrogen-bond acceptors (Lipinski definition) is 14. The van der Waals surface area contributed by atoms with Crippen molar-refractivity contribution in [2.45, 2.75) is 74.3 Å². The standard InChI is InChI=1S/C60H59Cl2N6O14PS2/c1-64(56(76)80-30-35-15-17-38(18-16-35)85-84-31-43(53(72)73)63-48(69)14-4-3-9-21-66-49(70)19-20-50(66)71)22-23-65(2)57(77)81-46-24-44-51(41-12-7-5-10-39(41)46)36(26-61)28-67(44)54(74)58-32-59(34-60(58,59)33-58)55(75)68-29-37(27-62)52-42-13-8-6-11-40(42)47(25-45(52)68)82-83(78)79/h5-8,10-13,15-20,24-25,36-37,43H,3-4,9,14,21-23,26-34H2,1-2H3,(H2-,63,69,72,73,78,79)/p+1. The highest BCUT2D eigenvalue weighted by Gasteiger charge is 3.01. The van der Waals surface area contributed by atoms with E-state index in [4.69, 9.17) is 37.2 Å². The number of hydrogen-bond donors (Lipinski definition) is 3. The SMILES string of the molecule is CN(CCN(C)C(=O)Oc1cc2c(c3ccccc13)C(CCl)CN2C(=O)C12CC3(C(=O)N4CC(CCl)c5c4cc(O[P+](=O)O)c4ccccc54)CC13C2)C(=O)OCc1ccc(SSCC(NC(=O)CCCCCN2C(=O)C=CC2=O)C(=O)O)cc1.